The van der Waals surface area contributed by atoms with Crippen LogP contribution in [0.2, 0.25) is 0 Å². The molecule has 3 aromatic carbocycles. The molecule has 1 atom stereocenters. The highest BCUT2D eigenvalue weighted by Crippen LogP contribution is 2.41. The lowest BCUT2D eigenvalue weighted by molar-refractivity contribution is -0.115. The molecule has 3 heteroatoms. The van der Waals surface area contributed by atoms with Gasteiger partial charge in [0.25, 0.3) is 0 Å². The SMILES string of the molecule is CCCCCCCCCCCCCCCCCCOC[C@@](C)(O)COC(c1ccccc1)(c1ccccc1)c1ccccc1. The van der Waals surface area contributed by atoms with Gasteiger partial charge in [-0.3, -0.25) is 0 Å². The van der Waals surface area contributed by atoms with E-state index in [0.717, 1.165) is 23.1 Å². The number of benzene rings is 3. The molecule has 1 N–H and O–H groups in total. The second-order valence-electron chi connectivity index (χ2n) is 12.9. The van der Waals surface area contributed by atoms with Gasteiger partial charge >= 0.3 is 0 Å². The fourth-order valence-corrected chi connectivity index (χ4v) is 6.12. The first-order valence-electron chi connectivity index (χ1n) is 17.7. The quantitative estimate of drug-likeness (QED) is 0.0776. The van der Waals surface area contributed by atoms with Crippen molar-refractivity contribution in [3.8, 4) is 0 Å². The average molecular weight is 601 g/mol. The van der Waals surface area contributed by atoms with Crippen molar-refractivity contribution < 1.29 is 14.6 Å². The topological polar surface area (TPSA) is 38.7 Å². The summed E-state index contributed by atoms with van der Waals surface area (Å²) in [5, 5.41) is 11.3. The smallest absolute Gasteiger partial charge is 0.143 e. The molecule has 0 saturated heterocycles. The van der Waals surface area contributed by atoms with Crippen molar-refractivity contribution in [1.29, 1.82) is 0 Å². The first-order valence-corrected chi connectivity index (χ1v) is 17.7. The Bertz CT molecular complexity index is 984. The summed E-state index contributed by atoms with van der Waals surface area (Å²) in [6.45, 7) is 5.17. The van der Waals surface area contributed by atoms with E-state index in [1.54, 1.807) is 0 Å². The van der Waals surface area contributed by atoms with E-state index in [1.165, 1.54) is 96.3 Å². The second kappa shape index (κ2) is 21.3. The molecule has 0 aliphatic carbocycles. The number of hydrogen-bond donors (Lipinski definition) is 1. The van der Waals surface area contributed by atoms with Gasteiger partial charge in [-0.15, -0.1) is 0 Å². The van der Waals surface area contributed by atoms with Crippen LogP contribution in [0.5, 0.6) is 0 Å². The minimum Gasteiger partial charge on any atom is -0.385 e. The maximum absolute atomic E-state index is 11.3. The largest absolute Gasteiger partial charge is 0.385 e. The molecule has 0 amide bonds. The molecule has 3 rings (SSSR count). The van der Waals surface area contributed by atoms with E-state index in [0.29, 0.717) is 6.61 Å². The molecule has 242 valence electrons. The van der Waals surface area contributed by atoms with Gasteiger partial charge in [0.15, 0.2) is 0 Å². The van der Waals surface area contributed by atoms with Crippen LogP contribution >= 0.6 is 0 Å². The van der Waals surface area contributed by atoms with Crippen LogP contribution < -0.4 is 0 Å². The highest BCUT2D eigenvalue weighted by atomic mass is 16.5. The standard InChI is InChI=1S/C41H60O3/c1-3-4-5-6-7-8-9-10-11-12-13-14-15-16-17-27-34-43-35-40(2,42)36-44-41(37-28-21-18-22-29-37,38-30-23-19-24-31-38)39-32-25-20-26-33-39/h18-26,28-33,42H,3-17,27,34-36H2,1-2H3/t40-/m1/s1. The number of hydrogen-bond acceptors (Lipinski definition) is 3. The predicted molar refractivity (Wildman–Crippen MR) is 186 cm³/mol. The van der Waals surface area contributed by atoms with E-state index in [4.69, 9.17) is 9.47 Å². The van der Waals surface area contributed by atoms with Crippen molar-refractivity contribution in [3.63, 3.8) is 0 Å². The Morgan fingerprint density at radius 1 is 0.477 bits per heavy atom. The summed E-state index contributed by atoms with van der Waals surface area (Å²) in [6.07, 6.45) is 21.7. The monoisotopic (exact) mass is 600 g/mol. The molecule has 0 aromatic heterocycles. The van der Waals surface area contributed by atoms with Gasteiger partial charge in [-0.1, -0.05) is 194 Å². The molecule has 3 aromatic rings. The maximum atomic E-state index is 11.3. The Kier molecular flexibility index (Phi) is 17.4. The summed E-state index contributed by atoms with van der Waals surface area (Å²) >= 11 is 0. The van der Waals surface area contributed by atoms with Crippen molar-refractivity contribution in [2.24, 2.45) is 0 Å². The number of rotatable bonds is 25. The predicted octanol–water partition coefficient (Wildman–Crippen LogP) is 11.0. The third-order valence-electron chi connectivity index (χ3n) is 8.70. The van der Waals surface area contributed by atoms with Crippen molar-refractivity contribution >= 4 is 0 Å². The lowest BCUT2D eigenvalue weighted by Gasteiger charge is -2.38. The van der Waals surface area contributed by atoms with Gasteiger partial charge in [0.2, 0.25) is 0 Å². The zero-order chi connectivity index (χ0) is 31.2. The van der Waals surface area contributed by atoms with Gasteiger partial charge < -0.3 is 14.6 Å². The number of aliphatic hydroxyl groups is 1. The van der Waals surface area contributed by atoms with E-state index in [1.807, 2.05) is 61.5 Å². The summed E-state index contributed by atoms with van der Waals surface area (Å²) in [5.74, 6) is 0. The highest BCUT2D eigenvalue weighted by molar-refractivity contribution is 5.47. The lowest BCUT2D eigenvalue weighted by Crippen LogP contribution is -2.42. The molecular formula is C41H60O3. The van der Waals surface area contributed by atoms with E-state index in [-0.39, 0.29) is 13.2 Å². The minimum atomic E-state index is -1.11. The normalized spacial score (nSPS) is 13.2. The Hall–Kier alpha value is -2.46. The highest BCUT2D eigenvalue weighted by Gasteiger charge is 2.39. The molecule has 3 nitrogen and oxygen atoms in total. The molecule has 0 fully saturated rings. The summed E-state index contributed by atoms with van der Waals surface area (Å²) in [5.41, 5.74) is 1.13. The summed E-state index contributed by atoms with van der Waals surface area (Å²) in [7, 11) is 0. The molecule has 0 radical (unpaired) electrons. The molecular weight excluding hydrogens is 540 g/mol. The molecule has 0 unspecified atom stereocenters. The van der Waals surface area contributed by atoms with E-state index in [2.05, 4.69) is 43.3 Å². The fourth-order valence-electron chi connectivity index (χ4n) is 6.12. The van der Waals surface area contributed by atoms with Crippen LogP contribution in [0, 0.1) is 0 Å². The third kappa shape index (κ3) is 12.9. The van der Waals surface area contributed by atoms with Crippen molar-refractivity contribution in [3.05, 3.63) is 108 Å². The maximum Gasteiger partial charge on any atom is 0.143 e. The van der Waals surface area contributed by atoms with Crippen LogP contribution in [0.1, 0.15) is 133 Å². The average Bonchev–Trinajstić information content (AvgIpc) is 3.06. The summed E-state index contributed by atoms with van der Waals surface area (Å²) in [4.78, 5) is 0. The third-order valence-corrected chi connectivity index (χ3v) is 8.70. The first-order chi connectivity index (χ1) is 21.6. The van der Waals surface area contributed by atoms with Gasteiger partial charge in [0.1, 0.15) is 11.2 Å². The van der Waals surface area contributed by atoms with Gasteiger partial charge in [-0.25, -0.2) is 0 Å². The van der Waals surface area contributed by atoms with E-state index >= 15 is 0 Å². The van der Waals surface area contributed by atoms with Crippen molar-refractivity contribution in [1.82, 2.24) is 0 Å². The molecule has 0 aliphatic rings. The van der Waals surface area contributed by atoms with Crippen LogP contribution in [0.15, 0.2) is 91.0 Å². The lowest BCUT2D eigenvalue weighted by atomic mass is 9.80. The Balaban J connectivity index is 1.34. The van der Waals surface area contributed by atoms with Crippen LogP contribution in [-0.2, 0) is 15.1 Å². The minimum absolute atomic E-state index is 0.143. The number of ether oxygens (including phenoxy) is 2. The Labute approximate surface area is 269 Å². The van der Waals surface area contributed by atoms with E-state index < -0.39 is 11.2 Å². The number of unbranched alkanes of at least 4 members (excludes halogenated alkanes) is 15. The molecule has 0 bridgehead atoms. The van der Waals surface area contributed by atoms with Crippen molar-refractivity contribution in [2.75, 3.05) is 19.8 Å². The fraction of sp³-hybridized carbons (Fsp3) is 0.561. The van der Waals surface area contributed by atoms with Gasteiger partial charge in [0.05, 0.1) is 13.2 Å². The van der Waals surface area contributed by atoms with Crippen LogP contribution in [0.4, 0.5) is 0 Å². The zero-order valence-electron chi connectivity index (χ0n) is 27.9. The molecule has 0 aliphatic heterocycles. The first kappa shape index (κ1) is 36.0. The van der Waals surface area contributed by atoms with Crippen LogP contribution in [-0.4, -0.2) is 30.5 Å². The molecule has 0 heterocycles. The van der Waals surface area contributed by atoms with E-state index in [9.17, 15) is 5.11 Å². The molecule has 44 heavy (non-hydrogen) atoms. The van der Waals surface area contributed by atoms with Crippen LogP contribution in [0.3, 0.4) is 0 Å². The van der Waals surface area contributed by atoms with Crippen LogP contribution in [0.25, 0.3) is 0 Å². The molecule has 0 saturated carbocycles. The molecule has 0 spiro atoms. The second-order valence-corrected chi connectivity index (χ2v) is 12.9. The Morgan fingerprint density at radius 2 is 0.818 bits per heavy atom. The summed E-state index contributed by atoms with van der Waals surface area (Å²) < 4.78 is 12.8. The van der Waals surface area contributed by atoms with Gasteiger partial charge in [-0.05, 0) is 30.0 Å². The van der Waals surface area contributed by atoms with Gasteiger partial charge in [-0.2, -0.15) is 0 Å². The summed E-state index contributed by atoms with van der Waals surface area (Å²) in [6, 6.07) is 30.9. The Morgan fingerprint density at radius 3 is 1.18 bits per heavy atom. The zero-order valence-corrected chi connectivity index (χ0v) is 27.9. The van der Waals surface area contributed by atoms with Crippen molar-refractivity contribution in [2.45, 2.75) is 128 Å². The van der Waals surface area contributed by atoms with Gasteiger partial charge in [0, 0.05) is 6.61 Å².